The van der Waals surface area contributed by atoms with Gasteiger partial charge in [-0.2, -0.15) is 0 Å². The van der Waals surface area contributed by atoms with Gasteiger partial charge in [-0.25, -0.2) is 0 Å². The van der Waals surface area contributed by atoms with E-state index in [4.69, 9.17) is 5.73 Å². The van der Waals surface area contributed by atoms with E-state index >= 15 is 0 Å². The molecule has 1 aromatic heterocycles. The second-order valence-corrected chi connectivity index (χ2v) is 5.86. The first-order chi connectivity index (χ1) is 7.88. The number of nitrogens with zero attached hydrogens (tertiary/aromatic N) is 1. The zero-order chi connectivity index (χ0) is 13.1. The van der Waals surface area contributed by atoms with Gasteiger partial charge in [0.15, 0.2) is 0 Å². The molecule has 1 atom stereocenters. The third kappa shape index (κ3) is 4.26. The van der Waals surface area contributed by atoms with Crippen molar-refractivity contribution in [3.8, 4) is 0 Å². The van der Waals surface area contributed by atoms with Crippen molar-refractivity contribution in [3.63, 3.8) is 0 Å². The third-order valence-corrected chi connectivity index (χ3v) is 3.96. The van der Waals surface area contributed by atoms with Gasteiger partial charge in [-0.1, -0.05) is 13.3 Å². The van der Waals surface area contributed by atoms with Gasteiger partial charge in [0, 0.05) is 11.9 Å². The van der Waals surface area contributed by atoms with Gasteiger partial charge >= 0.3 is 0 Å². The Kier molecular flexibility index (Phi) is 6.89. The number of aryl methyl sites for hydroxylation is 1. The van der Waals surface area contributed by atoms with Gasteiger partial charge < -0.3 is 10.6 Å². The monoisotopic (exact) mass is 290 g/mol. The molecular weight excluding hydrogens is 268 g/mol. The van der Waals surface area contributed by atoms with E-state index in [0.717, 1.165) is 12.8 Å². The number of thiophene rings is 1. The molecule has 5 heteroatoms. The number of hydrogen-bond donors (Lipinski definition) is 1. The summed E-state index contributed by atoms with van der Waals surface area (Å²) in [5.41, 5.74) is 6.55. The molecule has 3 nitrogen and oxygen atoms in total. The maximum Gasteiger partial charge on any atom is 0.242 e. The molecule has 0 aliphatic heterocycles. The van der Waals surface area contributed by atoms with E-state index < -0.39 is 5.54 Å². The lowest BCUT2D eigenvalue weighted by atomic mass is 9.96. The zero-order valence-corrected chi connectivity index (χ0v) is 13.2. The van der Waals surface area contributed by atoms with Crippen molar-refractivity contribution in [1.82, 2.24) is 4.90 Å². The van der Waals surface area contributed by atoms with Crippen LogP contribution in [0.4, 0.5) is 0 Å². The summed E-state index contributed by atoms with van der Waals surface area (Å²) in [5, 5.41) is 2.05. The van der Waals surface area contributed by atoms with Crippen LogP contribution in [0.3, 0.4) is 0 Å². The average molecular weight is 291 g/mol. The fourth-order valence-electron chi connectivity index (χ4n) is 1.92. The summed E-state index contributed by atoms with van der Waals surface area (Å²) in [4.78, 5) is 15.2. The summed E-state index contributed by atoms with van der Waals surface area (Å²) in [6.45, 7) is 6.58. The number of halogens is 1. The third-order valence-electron chi connectivity index (χ3n) is 2.95. The molecule has 1 rings (SSSR count). The van der Waals surface area contributed by atoms with Crippen molar-refractivity contribution >= 4 is 29.7 Å². The van der Waals surface area contributed by atoms with E-state index in [9.17, 15) is 4.79 Å². The molecule has 0 aliphatic rings. The minimum atomic E-state index is -0.741. The molecular formula is C13H23ClN2OS. The number of carbonyl (C=O) groups excluding carboxylic acids is 1. The summed E-state index contributed by atoms with van der Waals surface area (Å²) in [6, 6.07) is 2.08. The Morgan fingerprint density at radius 3 is 2.61 bits per heavy atom. The lowest BCUT2D eigenvalue weighted by Crippen LogP contribution is -2.51. The van der Waals surface area contributed by atoms with Crippen LogP contribution in [0.25, 0.3) is 0 Å². The van der Waals surface area contributed by atoms with E-state index in [1.54, 1.807) is 16.2 Å². The number of hydrogen-bond acceptors (Lipinski definition) is 3. The van der Waals surface area contributed by atoms with E-state index in [1.807, 2.05) is 20.9 Å². The molecule has 2 N–H and O–H groups in total. The van der Waals surface area contributed by atoms with Crippen LogP contribution in [0.15, 0.2) is 11.4 Å². The molecule has 0 saturated carbocycles. The second kappa shape index (κ2) is 7.12. The highest BCUT2D eigenvalue weighted by Crippen LogP contribution is 2.19. The largest absolute Gasteiger partial charge is 0.339 e. The number of carbonyl (C=O) groups is 1. The Hall–Kier alpha value is -0.580. The summed E-state index contributed by atoms with van der Waals surface area (Å²) in [5.74, 6) is 0.0205. The van der Waals surface area contributed by atoms with Crippen molar-refractivity contribution in [2.24, 2.45) is 5.73 Å². The predicted molar refractivity (Wildman–Crippen MR) is 80.3 cm³/mol. The van der Waals surface area contributed by atoms with Gasteiger partial charge in [-0.15, -0.1) is 23.7 Å². The molecule has 0 aromatic carbocycles. The molecule has 0 spiro atoms. The van der Waals surface area contributed by atoms with Gasteiger partial charge in [-0.05, 0) is 37.3 Å². The summed E-state index contributed by atoms with van der Waals surface area (Å²) in [7, 11) is 1.82. The van der Waals surface area contributed by atoms with Crippen LogP contribution < -0.4 is 5.73 Å². The first kappa shape index (κ1) is 17.4. The van der Waals surface area contributed by atoms with Crippen molar-refractivity contribution in [3.05, 3.63) is 21.9 Å². The molecule has 0 bridgehead atoms. The van der Waals surface area contributed by atoms with Crippen molar-refractivity contribution < 1.29 is 4.79 Å². The van der Waals surface area contributed by atoms with Gasteiger partial charge in [0.1, 0.15) is 0 Å². The first-order valence-corrected chi connectivity index (χ1v) is 6.84. The van der Waals surface area contributed by atoms with Crippen LogP contribution in [0.2, 0.25) is 0 Å². The smallest absolute Gasteiger partial charge is 0.242 e. The lowest BCUT2D eigenvalue weighted by Gasteiger charge is -2.28. The number of rotatable bonds is 5. The number of nitrogens with two attached hydrogens (primary N) is 1. The maximum atomic E-state index is 12.2. The zero-order valence-electron chi connectivity index (χ0n) is 11.5. The lowest BCUT2D eigenvalue weighted by molar-refractivity contribution is -0.135. The summed E-state index contributed by atoms with van der Waals surface area (Å²) in [6.07, 6.45) is 1.64. The minimum Gasteiger partial charge on any atom is -0.339 e. The quantitative estimate of drug-likeness (QED) is 0.906. The number of amides is 1. The first-order valence-electron chi connectivity index (χ1n) is 5.96. The summed E-state index contributed by atoms with van der Waals surface area (Å²) >= 11 is 1.68. The van der Waals surface area contributed by atoms with Crippen molar-refractivity contribution in [1.29, 1.82) is 0 Å². The van der Waals surface area contributed by atoms with E-state index in [1.165, 1.54) is 10.4 Å². The second-order valence-electron chi connectivity index (χ2n) is 4.86. The molecule has 0 saturated heterocycles. The van der Waals surface area contributed by atoms with Crippen LogP contribution in [0.1, 0.15) is 37.1 Å². The Morgan fingerprint density at radius 1 is 1.56 bits per heavy atom. The van der Waals surface area contributed by atoms with Crippen molar-refractivity contribution in [2.45, 2.75) is 45.7 Å². The predicted octanol–water partition coefficient (Wildman–Crippen LogP) is 2.95. The van der Waals surface area contributed by atoms with Gasteiger partial charge in [0.25, 0.3) is 0 Å². The van der Waals surface area contributed by atoms with Gasteiger partial charge in [0.05, 0.1) is 12.1 Å². The van der Waals surface area contributed by atoms with E-state index in [0.29, 0.717) is 6.54 Å². The molecule has 0 fully saturated rings. The molecule has 1 heterocycles. The standard InChI is InChI=1S/C13H22N2OS.ClH/c1-5-7-13(3,14)12(16)15(4)9-11-10(2)6-8-17-11;/h6,8H,5,7,9,14H2,1-4H3;1H. The van der Waals surface area contributed by atoms with Crippen LogP contribution in [0.5, 0.6) is 0 Å². The maximum absolute atomic E-state index is 12.2. The highest BCUT2D eigenvalue weighted by atomic mass is 35.5. The highest BCUT2D eigenvalue weighted by molar-refractivity contribution is 7.10. The van der Waals surface area contributed by atoms with Crippen LogP contribution >= 0.6 is 23.7 Å². The van der Waals surface area contributed by atoms with E-state index in [-0.39, 0.29) is 18.3 Å². The number of likely N-dealkylation sites (N-methyl/N-ethyl adjacent to an activating group) is 1. The van der Waals surface area contributed by atoms with E-state index in [2.05, 4.69) is 18.4 Å². The molecule has 1 aromatic rings. The normalized spacial score (nSPS) is 13.6. The molecule has 1 unspecified atom stereocenters. The highest BCUT2D eigenvalue weighted by Gasteiger charge is 2.30. The van der Waals surface area contributed by atoms with Crippen LogP contribution in [-0.4, -0.2) is 23.4 Å². The van der Waals surface area contributed by atoms with Crippen molar-refractivity contribution in [2.75, 3.05) is 7.05 Å². The van der Waals surface area contributed by atoms with Gasteiger partial charge in [-0.3, -0.25) is 4.79 Å². The minimum absolute atomic E-state index is 0. The molecule has 104 valence electrons. The van der Waals surface area contributed by atoms with Gasteiger partial charge in [0.2, 0.25) is 5.91 Å². The molecule has 0 aliphatic carbocycles. The Balaban J connectivity index is 0.00000289. The molecule has 18 heavy (non-hydrogen) atoms. The average Bonchev–Trinajstić information content (AvgIpc) is 2.63. The van der Waals surface area contributed by atoms with Crippen LogP contribution in [0, 0.1) is 6.92 Å². The van der Waals surface area contributed by atoms with Crippen LogP contribution in [-0.2, 0) is 11.3 Å². The summed E-state index contributed by atoms with van der Waals surface area (Å²) < 4.78 is 0. The Labute approximate surface area is 120 Å². The topological polar surface area (TPSA) is 46.3 Å². The fourth-order valence-corrected chi connectivity index (χ4v) is 2.87. The molecule has 0 radical (unpaired) electrons. The SMILES string of the molecule is CCCC(C)(N)C(=O)N(C)Cc1sccc1C.Cl. The Morgan fingerprint density at radius 2 is 2.17 bits per heavy atom. The fraction of sp³-hybridized carbons (Fsp3) is 0.615. The Bertz CT molecular complexity index is 390. The molecule has 1 amide bonds.